The number of hydrogen-bond donors (Lipinski definition) is 2. The molecule has 0 fully saturated rings. The van der Waals surface area contributed by atoms with Crippen molar-refractivity contribution in [1.82, 2.24) is 0 Å². The molecule has 1 rings (SSSR count). The minimum Gasteiger partial charge on any atom is -0.397 e. The van der Waals surface area contributed by atoms with E-state index >= 15 is 0 Å². The quantitative estimate of drug-likeness (QED) is 0.563. The fourth-order valence-electron chi connectivity index (χ4n) is 1.70. The minimum atomic E-state index is -3.20. The molecule has 1 aromatic rings. The normalized spacial score (nSPS) is 11.5. The summed E-state index contributed by atoms with van der Waals surface area (Å²) in [5, 5.41) is 3.21. The number of hydrogen-bond acceptors (Lipinski definition) is 5. The number of nitrogens with two attached hydrogens (primary N) is 1. The van der Waals surface area contributed by atoms with Crippen LogP contribution in [0.25, 0.3) is 0 Å². The van der Waals surface area contributed by atoms with Crippen LogP contribution in [-0.4, -0.2) is 34.9 Å². The van der Waals surface area contributed by atoms with Gasteiger partial charge < -0.3 is 15.8 Å². The molecule has 0 bridgehead atoms. The fraction of sp³-hybridized carbons (Fsp3) is 0.538. The Morgan fingerprint density at radius 3 is 2.58 bits per heavy atom. The van der Waals surface area contributed by atoms with E-state index in [0.717, 1.165) is 38.1 Å². The Hall–Kier alpha value is -1.27. The first kappa shape index (κ1) is 15.8. The van der Waals surface area contributed by atoms with Crippen molar-refractivity contribution in [2.24, 2.45) is 0 Å². The van der Waals surface area contributed by atoms with Gasteiger partial charge in [-0.2, -0.15) is 0 Å². The Morgan fingerprint density at radius 1 is 1.26 bits per heavy atom. The van der Waals surface area contributed by atoms with Gasteiger partial charge in [0.05, 0.1) is 16.3 Å². The molecule has 0 aliphatic rings. The van der Waals surface area contributed by atoms with Crippen molar-refractivity contribution in [2.45, 2.75) is 24.2 Å². The Kier molecular flexibility index (Phi) is 6.11. The molecule has 108 valence electrons. The summed E-state index contributed by atoms with van der Waals surface area (Å²) < 4.78 is 27.7. The van der Waals surface area contributed by atoms with E-state index in [0.29, 0.717) is 5.69 Å². The van der Waals surface area contributed by atoms with E-state index in [4.69, 9.17) is 10.5 Å². The molecular weight excluding hydrogens is 264 g/mol. The third-order valence-electron chi connectivity index (χ3n) is 2.79. The topological polar surface area (TPSA) is 81.4 Å². The lowest BCUT2D eigenvalue weighted by atomic mass is 10.2. The molecule has 0 aliphatic heterocycles. The van der Waals surface area contributed by atoms with Crippen molar-refractivity contribution in [2.75, 3.05) is 37.6 Å². The summed E-state index contributed by atoms with van der Waals surface area (Å²) in [5.74, 6) is 0. The van der Waals surface area contributed by atoms with Crippen molar-refractivity contribution >= 4 is 21.2 Å². The second-order valence-corrected chi connectivity index (χ2v) is 6.52. The summed E-state index contributed by atoms with van der Waals surface area (Å²) in [5.41, 5.74) is 7.07. The van der Waals surface area contributed by atoms with Crippen LogP contribution in [0.5, 0.6) is 0 Å². The summed E-state index contributed by atoms with van der Waals surface area (Å²) >= 11 is 0. The predicted molar refractivity (Wildman–Crippen MR) is 78.2 cm³/mol. The zero-order chi connectivity index (χ0) is 14.3. The number of nitrogen functional groups attached to an aromatic ring is 1. The van der Waals surface area contributed by atoms with E-state index in [-0.39, 0.29) is 4.90 Å². The molecule has 0 radical (unpaired) electrons. The van der Waals surface area contributed by atoms with Gasteiger partial charge in [0.2, 0.25) is 0 Å². The van der Waals surface area contributed by atoms with Crippen LogP contribution in [0.15, 0.2) is 23.1 Å². The number of benzene rings is 1. The van der Waals surface area contributed by atoms with Gasteiger partial charge >= 0.3 is 0 Å². The average molecular weight is 286 g/mol. The van der Waals surface area contributed by atoms with Crippen LogP contribution in [0.1, 0.15) is 19.3 Å². The SMILES string of the molecule is COCCCCCNc1ccc(S(C)(=O)=O)cc1N. The molecule has 5 nitrogen and oxygen atoms in total. The lowest BCUT2D eigenvalue weighted by Crippen LogP contribution is -2.06. The first-order valence-electron chi connectivity index (χ1n) is 6.27. The maximum atomic E-state index is 11.4. The summed E-state index contributed by atoms with van der Waals surface area (Å²) in [6.07, 6.45) is 4.32. The van der Waals surface area contributed by atoms with Crippen LogP contribution in [-0.2, 0) is 14.6 Å². The van der Waals surface area contributed by atoms with Gasteiger partial charge in [-0.25, -0.2) is 8.42 Å². The predicted octanol–water partition coefficient (Wildman–Crippen LogP) is 1.90. The van der Waals surface area contributed by atoms with Crippen LogP contribution in [0.4, 0.5) is 11.4 Å². The fourth-order valence-corrected chi connectivity index (χ4v) is 2.36. The number of methoxy groups -OCH3 is 1. The van der Waals surface area contributed by atoms with Gasteiger partial charge in [-0.3, -0.25) is 0 Å². The third kappa shape index (κ3) is 5.48. The highest BCUT2D eigenvalue weighted by molar-refractivity contribution is 7.90. The van der Waals surface area contributed by atoms with Crippen LogP contribution in [0.3, 0.4) is 0 Å². The second kappa shape index (κ2) is 7.35. The van der Waals surface area contributed by atoms with Crippen molar-refractivity contribution in [1.29, 1.82) is 0 Å². The van der Waals surface area contributed by atoms with Gasteiger partial charge in [-0.05, 0) is 37.5 Å². The number of anilines is 2. The molecule has 1 aromatic carbocycles. The van der Waals surface area contributed by atoms with Gasteiger partial charge in [0, 0.05) is 26.5 Å². The molecule has 0 heterocycles. The van der Waals surface area contributed by atoms with Gasteiger partial charge in [-0.15, -0.1) is 0 Å². The van der Waals surface area contributed by atoms with Gasteiger partial charge in [0.25, 0.3) is 0 Å². The Bertz CT molecular complexity index is 501. The van der Waals surface area contributed by atoms with Crippen molar-refractivity contribution in [3.63, 3.8) is 0 Å². The molecular formula is C13H22N2O3S. The highest BCUT2D eigenvalue weighted by Crippen LogP contribution is 2.22. The zero-order valence-corrected chi connectivity index (χ0v) is 12.3. The minimum absolute atomic E-state index is 0.246. The lowest BCUT2D eigenvalue weighted by molar-refractivity contribution is 0.192. The smallest absolute Gasteiger partial charge is 0.175 e. The van der Waals surface area contributed by atoms with E-state index in [2.05, 4.69) is 5.32 Å². The zero-order valence-electron chi connectivity index (χ0n) is 11.5. The van der Waals surface area contributed by atoms with Crippen molar-refractivity contribution < 1.29 is 13.2 Å². The first-order valence-corrected chi connectivity index (χ1v) is 8.16. The van der Waals surface area contributed by atoms with E-state index in [1.165, 1.54) is 12.3 Å². The second-order valence-electron chi connectivity index (χ2n) is 4.50. The average Bonchev–Trinajstić information content (AvgIpc) is 2.34. The van der Waals surface area contributed by atoms with E-state index in [1.54, 1.807) is 19.2 Å². The number of nitrogens with one attached hydrogen (secondary N) is 1. The van der Waals surface area contributed by atoms with Crippen LogP contribution >= 0.6 is 0 Å². The van der Waals surface area contributed by atoms with Crippen LogP contribution in [0, 0.1) is 0 Å². The molecule has 3 N–H and O–H groups in total. The van der Waals surface area contributed by atoms with Gasteiger partial charge in [0.15, 0.2) is 9.84 Å². The maximum absolute atomic E-state index is 11.4. The summed E-state index contributed by atoms with van der Waals surface area (Å²) in [7, 11) is -1.50. The standard InChI is InChI=1S/C13H22N2O3S/c1-18-9-5-3-4-8-15-13-7-6-11(10-12(13)14)19(2,16)17/h6-7,10,15H,3-5,8-9,14H2,1-2H3. The third-order valence-corrected chi connectivity index (χ3v) is 3.90. The van der Waals surface area contributed by atoms with Crippen molar-refractivity contribution in [3.8, 4) is 0 Å². The number of unbranched alkanes of at least 4 members (excludes halogenated alkanes) is 2. The molecule has 0 aromatic heterocycles. The summed E-state index contributed by atoms with van der Waals surface area (Å²) in [4.78, 5) is 0.246. The molecule has 19 heavy (non-hydrogen) atoms. The van der Waals surface area contributed by atoms with E-state index < -0.39 is 9.84 Å². The molecule has 0 amide bonds. The largest absolute Gasteiger partial charge is 0.397 e. The Labute approximate surface area is 115 Å². The molecule has 6 heteroatoms. The number of sulfone groups is 1. The number of ether oxygens (including phenoxy) is 1. The number of rotatable bonds is 8. The molecule has 0 atom stereocenters. The summed E-state index contributed by atoms with van der Waals surface area (Å²) in [6.45, 7) is 1.59. The van der Waals surface area contributed by atoms with Gasteiger partial charge in [0.1, 0.15) is 0 Å². The molecule has 0 aliphatic carbocycles. The molecule has 0 spiro atoms. The highest BCUT2D eigenvalue weighted by Gasteiger charge is 2.09. The lowest BCUT2D eigenvalue weighted by Gasteiger charge is -2.10. The first-order chi connectivity index (χ1) is 8.95. The van der Waals surface area contributed by atoms with Crippen LogP contribution in [0.2, 0.25) is 0 Å². The van der Waals surface area contributed by atoms with Crippen molar-refractivity contribution in [3.05, 3.63) is 18.2 Å². The van der Waals surface area contributed by atoms with Crippen LogP contribution < -0.4 is 11.1 Å². The summed E-state index contributed by atoms with van der Waals surface area (Å²) in [6, 6.07) is 4.77. The highest BCUT2D eigenvalue weighted by atomic mass is 32.2. The van der Waals surface area contributed by atoms with Gasteiger partial charge in [-0.1, -0.05) is 0 Å². The van der Waals surface area contributed by atoms with E-state index in [1.807, 2.05) is 0 Å². The monoisotopic (exact) mass is 286 g/mol. The Balaban J connectivity index is 2.47. The molecule has 0 saturated carbocycles. The molecule has 0 unspecified atom stereocenters. The molecule has 0 saturated heterocycles. The Morgan fingerprint density at radius 2 is 2.00 bits per heavy atom. The van der Waals surface area contributed by atoms with E-state index in [9.17, 15) is 8.42 Å². The maximum Gasteiger partial charge on any atom is 0.175 e.